The standard InChI is InChI=1S/C23H24FN3O3/c1-23(2,3)30-22(29)26-19(13-25)11-15-4-5-16-14-27(21(28)12-17(16)10-15)20-8-6-18(24)7-9-20/h4-10,19H,11-12,14H2,1-3H3,(H,26,29)/t19-/m0/s1. The molecule has 0 spiro atoms. The third-order valence-electron chi connectivity index (χ3n) is 4.67. The van der Waals surface area contributed by atoms with Crippen molar-refractivity contribution in [3.8, 4) is 6.07 Å². The molecule has 6 nitrogen and oxygen atoms in total. The van der Waals surface area contributed by atoms with E-state index in [1.54, 1.807) is 37.8 Å². The fourth-order valence-electron chi connectivity index (χ4n) is 3.31. The smallest absolute Gasteiger partial charge is 0.408 e. The topological polar surface area (TPSA) is 82.4 Å². The van der Waals surface area contributed by atoms with E-state index in [4.69, 9.17) is 4.74 Å². The maximum Gasteiger partial charge on any atom is 0.408 e. The Kier molecular flexibility index (Phi) is 6.06. The van der Waals surface area contributed by atoms with Crippen LogP contribution < -0.4 is 10.2 Å². The van der Waals surface area contributed by atoms with Gasteiger partial charge in [-0.15, -0.1) is 0 Å². The van der Waals surface area contributed by atoms with Gasteiger partial charge in [-0.2, -0.15) is 5.26 Å². The summed E-state index contributed by atoms with van der Waals surface area (Å²) in [6, 6.07) is 12.9. The van der Waals surface area contributed by atoms with Gasteiger partial charge in [0.05, 0.1) is 19.0 Å². The molecule has 1 N–H and O–H groups in total. The molecule has 2 aromatic rings. The lowest BCUT2D eigenvalue weighted by molar-refractivity contribution is -0.118. The minimum absolute atomic E-state index is 0.0741. The minimum atomic E-state index is -0.743. The van der Waals surface area contributed by atoms with E-state index >= 15 is 0 Å². The fraction of sp³-hybridized carbons (Fsp3) is 0.348. The largest absolute Gasteiger partial charge is 0.444 e. The Morgan fingerprint density at radius 2 is 1.93 bits per heavy atom. The lowest BCUT2D eigenvalue weighted by atomic mass is 9.94. The summed E-state index contributed by atoms with van der Waals surface area (Å²) >= 11 is 0. The number of nitrogens with one attached hydrogen (secondary N) is 1. The van der Waals surface area contributed by atoms with Crippen molar-refractivity contribution in [2.45, 2.75) is 51.8 Å². The molecule has 30 heavy (non-hydrogen) atoms. The predicted octanol–water partition coefficient (Wildman–Crippen LogP) is 3.87. The molecule has 0 aromatic heterocycles. The van der Waals surface area contributed by atoms with Crippen molar-refractivity contribution in [2.75, 3.05) is 4.90 Å². The van der Waals surface area contributed by atoms with E-state index < -0.39 is 17.7 Å². The van der Waals surface area contributed by atoms with Crippen LogP contribution in [-0.4, -0.2) is 23.6 Å². The highest BCUT2D eigenvalue weighted by molar-refractivity contribution is 5.96. The molecular weight excluding hydrogens is 385 g/mol. The summed E-state index contributed by atoms with van der Waals surface area (Å²) < 4.78 is 18.4. The molecule has 1 atom stereocenters. The highest BCUT2D eigenvalue weighted by Gasteiger charge is 2.25. The maximum absolute atomic E-state index is 13.2. The Balaban J connectivity index is 1.70. The van der Waals surface area contributed by atoms with Crippen LogP contribution in [0.15, 0.2) is 42.5 Å². The lowest BCUT2D eigenvalue weighted by Gasteiger charge is -2.29. The van der Waals surface area contributed by atoms with Gasteiger partial charge in [0.15, 0.2) is 0 Å². The Morgan fingerprint density at radius 3 is 2.57 bits per heavy atom. The quantitative estimate of drug-likeness (QED) is 0.831. The van der Waals surface area contributed by atoms with Crippen molar-refractivity contribution in [3.05, 3.63) is 65.0 Å². The van der Waals surface area contributed by atoms with E-state index in [1.807, 2.05) is 18.2 Å². The van der Waals surface area contributed by atoms with Crippen molar-refractivity contribution < 1.29 is 18.7 Å². The molecule has 1 aliphatic heterocycles. The first-order chi connectivity index (χ1) is 14.1. The molecule has 1 aliphatic rings. The number of nitriles is 1. The first kappa shape index (κ1) is 21.3. The van der Waals surface area contributed by atoms with Crippen LogP contribution in [0.2, 0.25) is 0 Å². The van der Waals surface area contributed by atoms with Crippen molar-refractivity contribution in [1.29, 1.82) is 5.26 Å². The molecule has 0 unspecified atom stereocenters. The van der Waals surface area contributed by atoms with E-state index in [2.05, 4.69) is 11.4 Å². The molecular formula is C23H24FN3O3. The zero-order valence-corrected chi connectivity index (χ0v) is 17.2. The van der Waals surface area contributed by atoms with Gasteiger partial charge in [0.1, 0.15) is 17.5 Å². The van der Waals surface area contributed by atoms with E-state index in [-0.39, 0.29) is 18.1 Å². The van der Waals surface area contributed by atoms with Gasteiger partial charge in [0, 0.05) is 12.1 Å². The Morgan fingerprint density at radius 1 is 1.23 bits per heavy atom. The van der Waals surface area contributed by atoms with Gasteiger partial charge in [0.25, 0.3) is 0 Å². The molecule has 3 rings (SSSR count). The van der Waals surface area contributed by atoms with Crippen molar-refractivity contribution in [1.82, 2.24) is 5.32 Å². The second-order valence-electron chi connectivity index (χ2n) is 8.27. The monoisotopic (exact) mass is 409 g/mol. The first-order valence-corrected chi connectivity index (χ1v) is 9.70. The zero-order chi connectivity index (χ0) is 21.9. The predicted molar refractivity (Wildman–Crippen MR) is 110 cm³/mol. The van der Waals surface area contributed by atoms with Crippen LogP contribution in [0, 0.1) is 17.1 Å². The molecule has 156 valence electrons. The molecule has 2 amide bonds. The van der Waals surface area contributed by atoms with Crippen molar-refractivity contribution in [3.63, 3.8) is 0 Å². The average molecular weight is 409 g/mol. The second kappa shape index (κ2) is 8.54. The van der Waals surface area contributed by atoms with E-state index in [1.165, 1.54) is 12.1 Å². The molecule has 0 radical (unpaired) electrons. The van der Waals surface area contributed by atoms with Gasteiger partial charge in [-0.05, 0) is 61.7 Å². The number of hydrogen-bond donors (Lipinski definition) is 1. The molecule has 7 heteroatoms. The van der Waals surface area contributed by atoms with Gasteiger partial charge >= 0.3 is 6.09 Å². The number of benzene rings is 2. The van der Waals surface area contributed by atoms with Crippen molar-refractivity contribution >= 4 is 17.7 Å². The average Bonchev–Trinajstić information content (AvgIpc) is 2.66. The molecule has 0 bridgehead atoms. The number of anilines is 1. The number of carbonyl (C=O) groups excluding carboxylic acids is 2. The van der Waals surface area contributed by atoms with Crippen LogP contribution in [0.5, 0.6) is 0 Å². The molecule has 0 aliphatic carbocycles. The number of ether oxygens (including phenoxy) is 1. The van der Waals surface area contributed by atoms with E-state index in [9.17, 15) is 19.2 Å². The number of alkyl carbamates (subject to hydrolysis) is 1. The van der Waals surface area contributed by atoms with Crippen molar-refractivity contribution in [2.24, 2.45) is 0 Å². The molecule has 0 fully saturated rings. The van der Waals surface area contributed by atoms with E-state index in [0.29, 0.717) is 18.7 Å². The fourth-order valence-corrected chi connectivity index (χ4v) is 3.31. The number of amides is 2. The number of hydrogen-bond acceptors (Lipinski definition) is 4. The maximum atomic E-state index is 13.2. The summed E-state index contributed by atoms with van der Waals surface area (Å²) in [6.07, 6.45) is -0.118. The molecule has 1 heterocycles. The lowest BCUT2D eigenvalue weighted by Crippen LogP contribution is -2.39. The van der Waals surface area contributed by atoms with Crippen LogP contribution in [0.1, 0.15) is 37.5 Å². The summed E-state index contributed by atoms with van der Waals surface area (Å²) in [7, 11) is 0. The number of halogens is 1. The summed E-state index contributed by atoms with van der Waals surface area (Å²) in [4.78, 5) is 26.2. The normalized spacial score (nSPS) is 14.5. The van der Waals surface area contributed by atoms with Crippen LogP contribution in [0.25, 0.3) is 0 Å². The van der Waals surface area contributed by atoms with Gasteiger partial charge < -0.3 is 15.0 Å². The van der Waals surface area contributed by atoms with Gasteiger partial charge in [-0.25, -0.2) is 9.18 Å². The number of fused-ring (bicyclic) bond motifs is 1. The number of nitrogens with zero attached hydrogens (tertiary/aromatic N) is 2. The van der Waals surface area contributed by atoms with Crippen LogP contribution in [0.3, 0.4) is 0 Å². The van der Waals surface area contributed by atoms with Crippen LogP contribution in [-0.2, 0) is 28.9 Å². The van der Waals surface area contributed by atoms with E-state index in [0.717, 1.165) is 16.7 Å². The third-order valence-corrected chi connectivity index (χ3v) is 4.67. The second-order valence-corrected chi connectivity index (χ2v) is 8.27. The first-order valence-electron chi connectivity index (χ1n) is 9.70. The summed E-state index contributed by atoms with van der Waals surface area (Å²) in [5, 5.41) is 12.0. The number of carbonyl (C=O) groups is 2. The zero-order valence-electron chi connectivity index (χ0n) is 17.2. The summed E-state index contributed by atoms with van der Waals surface area (Å²) in [5.41, 5.74) is 2.75. The number of rotatable bonds is 4. The molecule has 0 saturated carbocycles. The minimum Gasteiger partial charge on any atom is -0.444 e. The Labute approximate surface area is 175 Å². The summed E-state index contributed by atoms with van der Waals surface area (Å²) in [5.74, 6) is -0.421. The third kappa shape index (κ3) is 5.35. The Hall–Kier alpha value is -3.40. The summed E-state index contributed by atoms with van der Waals surface area (Å²) in [6.45, 7) is 5.66. The highest BCUT2D eigenvalue weighted by atomic mass is 19.1. The van der Waals surface area contributed by atoms with Crippen LogP contribution >= 0.6 is 0 Å². The Bertz CT molecular complexity index is 990. The molecule has 0 saturated heterocycles. The van der Waals surface area contributed by atoms with Crippen LogP contribution in [0.4, 0.5) is 14.9 Å². The highest BCUT2D eigenvalue weighted by Crippen LogP contribution is 2.26. The SMILES string of the molecule is CC(C)(C)OC(=O)N[C@H](C#N)Cc1ccc2c(c1)CC(=O)N(c1ccc(F)cc1)C2. The molecule has 2 aromatic carbocycles. The van der Waals surface area contributed by atoms with Gasteiger partial charge in [0.2, 0.25) is 5.91 Å². The van der Waals surface area contributed by atoms with Gasteiger partial charge in [-0.1, -0.05) is 18.2 Å². The van der Waals surface area contributed by atoms with Gasteiger partial charge in [-0.3, -0.25) is 4.79 Å².